The van der Waals surface area contributed by atoms with Gasteiger partial charge in [0.25, 0.3) is 0 Å². The molecule has 0 aliphatic rings. The summed E-state index contributed by atoms with van der Waals surface area (Å²) in [5.41, 5.74) is 2.49. The Morgan fingerprint density at radius 2 is 1.83 bits per heavy atom. The summed E-state index contributed by atoms with van der Waals surface area (Å²) in [7, 11) is 0. The molecule has 1 N–H and O–H groups in total. The molecule has 18 heavy (non-hydrogen) atoms. The van der Waals surface area contributed by atoms with E-state index in [0.717, 1.165) is 24.1 Å². The first kappa shape index (κ1) is 17.1. The van der Waals surface area contributed by atoms with Gasteiger partial charge in [-0.2, -0.15) is 0 Å². The van der Waals surface area contributed by atoms with E-state index in [1.165, 1.54) is 31.9 Å². The zero-order valence-corrected chi connectivity index (χ0v) is 12.8. The lowest BCUT2D eigenvalue weighted by molar-refractivity contribution is 0.290. The van der Waals surface area contributed by atoms with Crippen LogP contribution in [-0.2, 0) is 0 Å². The normalized spacial score (nSPS) is 13.8. The lowest BCUT2D eigenvalue weighted by Crippen LogP contribution is -2.11. The van der Waals surface area contributed by atoms with Gasteiger partial charge in [0, 0.05) is 18.1 Å². The quantitative estimate of drug-likeness (QED) is 0.533. The number of rotatable bonds is 9. The number of allylic oxidation sites excluding steroid dienone is 2. The third kappa shape index (κ3) is 7.41. The van der Waals surface area contributed by atoms with Crippen molar-refractivity contribution >= 4 is 12.4 Å². The number of nitrogens with zero attached hydrogens (tertiary/aromatic N) is 1. The molecule has 0 atom stereocenters. The minimum Gasteiger partial charge on any atom is -0.308 e. The van der Waals surface area contributed by atoms with Crippen molar-refractivity contribution < 1.29 is 0 Å². The molecule has 0 aliphatic heterocycles. The molecule has 0 aliphatic carbocycles. The maximum Gasteiger partial charge on any atom is 0.0415 e. The molecule has 0 saturated heterocycles. The number of unbranched alkanes of at least 4 members (excludes halogenated alkanes) is 1. The summed E-state index contributed by atoms with van der Waals surface area (Å²) in [6, 6.07) is 0. The van der Waals surface area contributed by atoms with Gasteiger partial charge in [0.1, 0.15) is 0 Å². The second-order valence-corrected chi connectivity index (χ2v) is 5.76. The summed E-state index contributed by atoms with van der Waals surface area (Å²) in [6.07, 6.45) is 10.5. The van der Waals surface area contributed by atoms with Crippen molar-refractivity contribution in [3.05, 3.63) is 11.3 Å². The highest BCUT2D eigenvalue weighted by molar-refractivity contribution is 5.77. The van der Waals surface area contributed by atoms with Gasteiger partial charge in [-0.1, -0.05) is 33.6 Å². The van der Waals surface area contributed by atoms with Crippen LogP contribution in [0.2, 0.25) is 0 Å². The van der Waals surface area contributed by atoms with E-state index < -0.39 is 0 Å². The lowest BCUT2D eigenvalue weighted by atomic mass is 9.82. The van der Waals surface area contributed by atoms with Gasteiger partial charge in [-0.05, 0) is 50.5 Å². The van der Waals surface area contributed by atoms with E-state index >= 15 is 0 Å². The van der Waals surface area contributed by atoms with Gasteiger partial charge >= 0.3 is 0 Å². The second kappa shape index (κ2) is 9.07. The fraction of sp³-hybridized carbons (Fsp3) is 0.750. The van der Waals surface area contributed by atoms with E-state index in [2.05, 4.69) is 25.8 Å². The smallest absolute Gasteiger partial charge is 0.0415 e. The van der Waals surface area contributed by atoms with Crippen molar-refractivity contribution in [2.24, 2.45) is 10.4 Å². The summed E-state index contributed by atoms with van der Waals surface area (Å²) in [6.45, 7) is 10.9. The monoisotopic (exact) mass is 250 g/mol. The number of hydrogen-bond acceptors (Lipinski definition) is 2. The molecule has 0 unspecified atom stereocenters. The molecule has 0 aromatic rings. The Morgan fingerprint density at radius 1 is 1.22 bits per heavy atom. The van der Waals surface area contributed by atoms with Gasteiger partial charge in [-0.25, -0.2) is 0 Å². The van der Waals surface area contributed by atoms with Crippen LogP contribution < -0.4 is 0 Å². The van der Waals surface area contributed by atoms with E-state index in [9.17, 15) is 0 Å². The Hall–Kier alpha value is -0.920. The first-order chi connectivity index (χ1) is 8.46. The van der Waals surface area contributed by atoms with Crippen molar-refractivity contribution in [2.75, 3.05) is 0 Å². The molecule has 104 valence electrons. The Balaban J connectivity index is 4.23. The topological polar surface area (TPSA) is 36.2 Å². The molecule has 0 saturated carbocycles. The van der Waals surface area contributed by atoms with Gasteiger partial charge in [0.2, 0.25) is 0 Å². The molecule has 0 bridgehead atoms. The van der Waals surface area contributed by atoms with Crippen molar-refractivity contribution in [2.45, 2.75) is 73.1 Å². The summed E-state index contributed by atoms with van der Waals surface area (Å²) in [5.74, 6) is 0. The van der Waals surface area contributed by atoms with Gasteiger partial charge in [-0.3, -0.25) is 4.99 Å². The van der Waals surface area contributed by atoms with Gasteiger partial charge < -0.3 is 5.41 Å². The Kier molecular flexibility index (Phi) is 8.61. The summed E-state index contributed by atoms with van der Waals surface area (Å²) >= 11 is 0. The van der Waals surface area contributed by atoms with E-state index in [1.807, 2.05) is 13.8 Å². The van der Waals surface area contributed by atoms with Crippen LogP contribution in [0.4, 0.5) is 0 Å². The highest BCUT2D eigenvalue weighted by atomic mass is 14.7. The molecule has 0 heterocycles. The van der Waals surface area contributed by atoms with Crippen LogP contribution in [0.15, 0.2) is 16.3 Å². The maximum atomic E-state index is 7.46. The van der Waals surface area contributed by atoms with Crippen LogP contribution >= 0.6 is 0 Å². The predicted molar refractivity (Wildman–Crippen MR) is 82.8 cm³/mol. The Labute approximate surface area is 113 Å². The third-order valence-electron chi connectivity index (χ3n) is 3.47. The number of aliphatic imine (C=N–C) groups is 1. The van der Waals surface area contributed by atoms with E-state index in [-0.39, 0.29) is 0 Å². The van der Waals surface area contributed by atoms with Gasteiger partial charge in [0.15, 0.2) is 0 Å². The fourth-order valence-corrected chi connectivity index (χ4v) is 2.17. The van der Waals surface area contributed by atoms with E-state index in [0.29, 0.717) is 5.41 Å². The molecule has 0 aromatic heterocycles. The molecule has 0 spiro atoms. The van der Waals surface area contributed by atoms with Gasteiger partial charge in [0.05, 0.1) is 0 Å². The zero-order chi connectivity index (χ0) is 14.0. The van der Waals surface area contributed by atoms with Crippen molar-refractivity contribution in [3.8, 4) is 0 Å². The predicted octanol–water partition coefficient (Wildman–Crippen LogP) is 5.39. The maximum absolute atomic E-state index is 7.46. The van der Waals surface area contributed by atoms with Crippen LogP contribution in [0, 0.1) is 10.8 Å². The molecule has 2 heteroatoms. The summed E-state index contributed by atoms with van der Waals surface area (Å²) in [4.78, 5) is 4.26. The second-order valence-electron chi connectivity index (χ2n) is 5.76. The van der Waals surface area contributed by atoms with Crippen molar-refractivity contribution in [1.82, 2.24) is 0 Å². The van der Waals surface area contributed by atoms with E-state index in [1.54, 1.807) is 6.21 Å². The van der Waals surface area contributed by atoms with Gasteiger partial charge in [-0.15, -0.1) is 0 Å². The van der Waals surface area contributed by atoms with Crippen LogP contribution in [-0.4, -0.2) is 12.4 Å². The molecular weight excluding hydrogens is 220 g/mol. The molecule has 0 aromatic carbocycles. The van der Waals surface area contributed by atoms with Crippen LogP contribution in [0.3, 0.4) is 0 Å². The largest absolute Gasteiger partial charge is 0.308 e. The summed E-state index contributed by atoms with van der Waals surface area (Å²) in [5, 5.41) is 7.46. The Morgan fingerprint density at radius 3 is 2.33 bits per heavy atom. The van der Waals surface area contributed by atoms with Crippen molar-refractivity contribution in [1.29, 1.82) is 5.41 Å². The molecule has 0 amide bonds. The lowest BCUT2D eigenvalue weighted by Gasteiger charge is -2.24. The molecule has 0 fully saturated rings. The first-order valence-corrected chi connectivity index (χ1v) is 7.15. The standard InChI is InChI=1S/C16H30N2/c1-6-8-11-16(4,5)12-9-10-15(13-17)14(3)18-7-2/h7,13,17H,6,8-12H2,1-5H3/b15-14-,17-13?,18-7?. The highest BCUT2D eigenvalue weighted by Gasteiger charge is 2.16. The molecule has 0 radical (unpaired) electrons. The fourth-order valence-electron chi connectivity index (χ4n) is 2.17. The average molecular weight is 250 g/mol. The SMILES string of the molecule is CC=N/C(C)=C(\C=N)CCCC(C)(C)CCCC. The third-order valence-corrected chi connectivity index (χ3v) is 3.47. The highest BCUT2D eigenvalue weighted by Crippen LogP contribution is 2.30. The summed E-state index contributed by atoms with van der Waals surface area (Å²) < 4.78 is 0. The van der Waals surface area contributed by atoms with Crippen molar-refractivity contribution in [3.63, 3.8) is 0 Å². The average Bonchev–Trinajstić information content (AvgIpc) is 2.32. The molecular formula is C16H30N2. The number of hydrogen-bond donors (Lipinski definition) is 1. The van der Waals surface area contributed by atoms with Crippen LogP contribution in [0.5, 0.6) is 0 Å². The first-order valence-electron chi connectivity index (χ1n) is 7.15. The minimum absolute atomic E-state index is 0.436. The molecule has 0 rings (SSSR count). The Bertz CT molecular complexity index is 298. The molecule has 2 nitrogen and oxygen atoms in total. The van der Waals surface area contributed by atoms with E-state index in [4.69, 9.17) is 5.41 Å². The zero-order valence-electron chi connectivity index (χ0n) is 12.8. The van der Waals surface area contributed by atoms with Crippen LogP contribution in [0.1, 0.15) is 73.1 Å². The van der Waals surface area contributed by atoms with Crippen LogP contribution in [0.25, 0.3) is 0 Å². The number of nitrogens with one attached hydrogen (secondary N) is 1. The minimum atomic E-state index is 0.436.